The monoisotopic (exact) mass is 408 g/mol. The lowest BCUT2D eigenvalue weighted by molar-refractivity contribution is -0.121. The SMILES string of the molecule is Cc1nc(C)c(CC(=O)N[C@@H](Cc2ccccc2)c2ccc3c(c2)OCCO3)s1. The van der Waals surface area contributed by atoms with E-state index in [1.165, 1.54) is 0 Å². The first kappa shape index (κ1) is 19.5. The molecule has 0 aliphatic carbocycles. The number of carbonyl (C=O) groups excluding carboxylic acids is 1. The van der Waals surface area contributed by atoms with Crippen molar-refractivity contribution in [1.29, 1.82) is 0 Å². The van der Waals surface area contributed by atoms with E-state index in [4.69, 9.17) is 9.47 Å². The number of thiazole rings is 1. The summed E-state index contributed by atoms with van der Waals surface area (Å²) < 4.78 is 11.4. The van der Waals surface area contributed by atoms with Crippen molar-refractivity contribution >= 4 is 17.2 Å². The molecule has 2 aromatic carbocycles. The third kappa shape index (κ3) is 4.77. The molecular formula is C23H24N2O3S. The topological polar surface area (TPSA) is 60.5 Å². The van der Waals surface area contributed by atoms with Crippen molar-refractivity contribution in [3.63, 3.8) is 0 Å². The van der Waals surface area contributed by atoms with E-state index in [0.29, 0.717) is 26.1 Å². The number of benzene rings is 2. The number of hydrogen-bond acceptors (Lipinski definition) is 5. The minimum Gasteiger partial charge on any atom is -0.486 e. The summed E-state index contributed by atoms with van der Waals surface area (Å²) in [7, 11) is 0. The number of ether oxygens (including phenoxy) is 2. The molecule has 1 atom stereocenters. The van der Waals surface area contributed by atoms with Crippen LogP contribution < -0.4 is 14.8 Å². The third-order valence-electron chi connectivity index (χ3n) is 4.91. The molecule has 6 heteroatoms. The zero-order valence-corrected chi connectivity index (χ0v) is 17.4. The second-order valence-electron chi connectivity index (χ2n) is 7.13. The van der Waals surface area contributed by atoms with E-state index in [1.54, 1.807) is 11.3 Å². The van der Waals surface area contributed by atoms with Crippen LogP contribution >= 0.6 is 11.3 Å². The molecule has 1 aromatic heterocycles. The van der Waals surface area contributed by atoms with Gasteiger partial charge in [-0.15, -0.1) is 11.3 Å². The van der Waals surface area contributed by atoms with Gasteiger partial charge in [-0.2, -0.15) is 0 Å². The molecular weight excluding hydrogens is 384 g/mol. The Kier molecular flexibility index (Phi) is 5.81. The molecule has 0 saturated carbocycles. The molecule has 29 heavy (non-hydrogen) atoms. The van der Waals surface area contributed by atoms with Crippen LogP contribution in [0.5, 0.6) is 11.5 Å². The second kappa shape index (κ2) is 8.66. The van der Waals surface area contributed by atoms with Crippen LogP contribution in [0, 0.1) is 13.8 Å². The molecule has 1 amide bonds. The van der Waals surface area contributed by atoms with Gasteiger partial charge in [-0.25, -0.2) is 4.98 Å². The van der Waals surface area contributed by atoms with Gasteiger partial charge >= 0.3 is 0 Å². The van der Waals surface area contributed by atoms with Gasteiger partial charge in [-0.3, -0.25) is 4.79 Å². The number of fused-ring (bicyclic) bond motifs is 1. The maximum Gasteiger partial charge on any atom is 0.225 e. The quantitative estimate of drug-likeness (QED) is 0.665. The Bertz CT molecular complexity index is 1000. The zero-order chi connectivity index (χ0) is 20.2. The summed E-state index contributed by atoms with van der Waals surface area (Å²) in [5.74, 6) is 1.48. The fourth-order valence-electron chi connectivity index (χ4n) is 3.51. The summed E-state index contributed by atoms with van der Waals surface area (Å²) in [5.41, 5.74) is 3.10. The van der Waals surface area contributed by atoms with Crippen LogP contribution in [0.3, 0.4) is 0 Å². The standard InChI is InChI=1S/C23H24N2O3S/c1-15-22(29-16(2)24-15)14-23(26)25-19(12-17-6-4-3-5-7-17)18-8-9-20-21(13-18)28-11-10-27-20/h3-9,13,19H,10-12,14H2,1-2H3,(H,25,26)/t19-/m0/s1. The summed E-state index contributed by atoms with van der Waals surface area (Å²) in [5, 5.41) is 4.20. The number of nitrogens with one attached hydrogen (secondary N) is 1. The lowest BCUT2D eigenvalue weighted by atomic mass is 9.98. The Morgan fingerprint density at radius 2 is 1.86 bits per heavy atom. The molecule has 5 nitrogen and oxygen atoms in total. The summed E-state index contributed by atoms with van der Waals surface area (Å²) in [4.78, 5) is 18.3. The molecule has 3 aromatic rings. The van der Waals surface area contributed by atoms with Crippen LogP contribution in [0.15, 0.2) is 48.5 Å². The molecule has 4 rings (SSSR count). The molecule has 0 bridgehead atoms. The van der Waals surface area contributed by atoms with Gasteiger partial charge in [-0.05, 0) is 43.5 Å². The van der Waals surface area contributed by atoms with E-state index in [0.717, 1.165) is 38.2 Å². The number of hydrogen-bond donors (Lipinski definition) is 1. The van der Waals surface area contributed by atoms with Gasteiger partial charge in [0.1, 0.15) is 13.2 Å². The van der Waals surface area contributed by atoms with Gasteiger partial charge < -0.3 is 14.8 Å². The number of nitrogens with zero attached hydrogens (tertiary/aromatic N) is 1. The normalized spacial score (nSPS) is 13.7. The van der Waals surface area contributed by atoms with E-state index < -0.39 is 0 Å². The van der Waals surface area contributed by atoms with Gasteiger partial charge in [0.2, 0.25) is 5.91 Å². The fraction of sp³-hybridized carbons (Fsp3) is 0.304. The molecule has 0 unspecified atom stereocenters. The van der Waals surface area contributed by atoms with Crippen LogP contribution in [0.4, 0.5) is 0 Å². The van der Waals surface area contributed by atoms with Crippen molar-refractivity contribution < 1.29 is 14.3 Å². The number of amides is 1. The molecule has 0 saturated heterocycles. The lowest BCUT2D eigenvalue weighted by Crippen LogP contribution is -2.31. The van der Waals surface area contributed by atoms with Gasteiger partial charge in [-0.1, -0.05) is 36.4 Å². The second-order valence-corrected chi connectivity index (χ2v) is 8.42. The highest BCUT2D eigenvalue weighted by Crippen LogP contribution is 2.33. The van der Waals surface area contributed by atoms with Crippen molar-refractivity contribution in [3.05, 3.63) is 75.2 Å². The lowest BCUT2D eigenvalue weighted by Gasteiger charge is -2.23. The maximum absolute atomic E-state index is 12.8. The number of aromatic nitrogens is 1. The first-order valence-electron chi connectivity index (χ1n) is 9.74. The molecule has 150 valence electrons. The Morgan fingerprint density at radius 3 is 2.59 bits per heavy atom. The average molecular weight is 409 g/mol. The van der Waals surface area contributed by atoms with Gasteiger partial charge in [0, 0.05) is 4.88 Å². The predicted octanol–water partition coefficient (Wildman–Crippen LogP) is 4.17. The molecule has 0 fully saturated rings. The van der Waals surface area contributed by atoms with Gasteiger partial charge in [0.05, 0.1) is 23.2 Å². The zero-order valence-electron chi connectivity index (χ0n) is 16.6. The van der Waals surface area contributed by atoms with Crippen LogP contribution in [0.1, 0.15) is 32.7 Å². The van der Waals surface area contributed by atoms with Crippen LogP contribution in [-0.4, -0.2) is 24.1 Å². The fourth-order valence-corrected chi connectivity index (χ4v) is 4.44. The Labute approximate surface area is 174 Å². The smallest absolute Gasteiger partial charge is 0.225 e. The minimum absolute atomic E-state index is 0.00688. The van der Waals surface area contributed by atoms with E-state index >= 15 is 0 Å². The number of aryl methyl sites for hydroxylation is 2. The van der Waals surface area contributed by atoms with E-state index in [9.17, 15) is 4.79 Å². The third-order valence-corrected chi connectivity index (χ3v) is 5.98. The number of rotatable bonds is 6. The van der Waals surface area contributed by atoms with Crippen molar-refractivity contribution in [1.82, 2.24) is 10.3 Å². The Hall–Kier alpha value is -2.86. The Morgan fingerprint density at radius 1 is 1.10 bits per heavy atom. The van der Waals surface area contributed by atoms with E-state index in [1.807, 2.05) is 50.2 Å². The maximum atomic E-state index is 12.8. The molecule has 1 aliphatic rings. The minimum atomic E-state index is -0.157. The van der Waals surface area contributed by atoms with Crippen LogP contribution in [0.2, 0.25) is 0 Å². The van der Waals surface area contributed by atoms with E-state index in [2.05, 4.69) is 22.4 Å². The van der Waals surface area contributed by atoms with Gasteiger partial charge in [0.15, 0.2) is 11.5 Å². The van der Waals surface area contributed by atoms with Crippen molar-refractivity contribution in [2.45, 2.75) is 32.7 Å². The average Bonchev–Trinajstić information content (AvgIpc) is 3.04. The van der Waals surface area contributed by atoms with Crippen molar-refractivity contribution in [2.75, 3.05) is 13.2 Å². The highest BCUT2D eigenvalue weighted by atomic mass is 32.1. The molecule has 1 N–H and O–H groups in total. The van der Waals surface area contributed by atoms with Crippen molar-refractivity contribution in [3.8, 4) is 11.5 Å². The van der Waals surface area contributed by atoms with Crippen LogP contribution in [-0.2, 0) is 17.6 Å². The first-order chi connectivity index (χ1) is 14.1. The summed E-state index contributed by atoms with van der Waals surface area (Å²) in [6.45, 7) is 5.02. The summed E-state index contributed by atoms with van der Waals surface area (Å²) in [6.07, 6.45) is 1.04. The highest BCUT2D eigenvalue weighted by molar-refractivity contribution is 7.11. The first-order valence-corrected chi connectivity index (χ1v) is 10.6. The molecule has 2 heterocycles. The highest BCUT2D eigenvalue weighted by Gasteiger charge is 2.20. The predicted molar refractivity (Wildman–Crippen MR) is 114 cm³/mol. The largest absolute Gasteiger partial charge is 0.486 e. The van der Waals surface area contributed by atoms with Gasteiger partial charge in [0.25, 0.3) is 0 Å². The van der Waals surface area contributed by atoms with Crippen molar-refractivity contribution in [2.24, 2.45) is 0 Å². The Balaban J connectivity index is 1.56. The van der Waals surface area contributed by atoms with E-state index in [-0.39, 0.29) is 11.9 Å². The summed E-state index contributed by atoms with van der Waals surface area (Å²) >= 11 is 1.58. The molecule has 0 spiro atoms. The number of carbonyl (C=O) groups is 1. The molecule has 1 aliphatic heterocycles. The molecule has 0 radical (unpaired) electrons. The van der Waals surface area contributed by atoms with Crippen LogP contribution in [0.25, 0.3) is 0 Å². The summed E-state index contributed by atoms with van der Waals surface area (Å²) in [6, 6.07) is 15.9.